The average molecular weight is 345 g/mol. The first-order valence-corrected chi connectivity index (χ1v) is 8.44. The second kappa shape index (κ2) is 7.59. The van der Waals surface area contributed by atoms with E-state index in [1.54, 1.807) is 17.2 Å². The van der Waals surface area contributed by atoms with Crippen molar-refractivity contribution >= 4 is 12.0 Å². The molecule has 1 N–H and O–H groups in total. The minimum absolute atomic E-state index is 0.0652. The molecule has 1 aromatic carbocycles. The molecule has 132 valence electrons. The molecule has 1 saturated heterocycles. The van der Waals surface area contributed by atoms with Gasteiger partial charge in [0.25, 0.3) is 0 Å². The second-order valence-corrected chi connectivity index (χ2v) is 6.46. The van der Waals surface area contributed by atoms with Crippen LogP contribution in [0.4, 0.5) is 8.78 Å². The summed E-state index contributed by atoms with van der Waals surface area (Å²) in [6, 6.07) is 3.96. The Morgan fingerprint density at radius 1 is 1.32 bits per heavy atom. The molecule has 0 aliphatic carbocycles. The van der Waals surface area contributed by atoms with Crippen molar-refractivity contribution in [1.29, 1.82) is 0 Å². The first-order valence-electron chi connectivity index (χ1n) is 8.44. The number of carbonyl (C=O) groups excluding carboxylic acids is 1. The van der Waals surface area contributed by atoms with Crippen LogP contribution in [0.15, 0.2) is 30.5 Å². The number of likely N-dealkylation sites (tertiary alicyclic amines) is 1. The number of rotatable bonds is 4. The third-order valence-electron chi connectivity index (χ3n) is 4.59. The van der Waals surface area contributed by atoms with Gasteiger partial charge in [0.15, 0.2) is 0 Å². The van der Waals surface area contributed by atoms with Crippen molar-refractivity contribution in [1.82, 2.24) is 14.9 Å². The molecular weight excluding hydrogens is 324 g/mol. The number of carbonyl (C=O) groups is 1. The number of aryl methyl sites for hydroxylation is 1. The highest BCUT2D eigenvalue weighted by molar-refractivity contribution is 5.91. The molecule has 0 bridgehead atoms. The van der Waals surface area contributed by atoms with Crippen LogP contribution in [0.3, 0.4) is 0 Å². The van der Waals surface area contributed by atoms with Gasteiger partial charge in [-0.2, -0.15) is 0 Å². The van der Waals surface area contributed by atoms with Crippen LogP contribution in [0.5, 0.6) is 0 Å². The summed E-state index contributed by atoms with van der Waals surface area (Å²) in [5.41, 5.74) is 1.09. The number of amides is 1. The molecule has 25 heavy (non-hydrogen) atoms. The van der Waals surface area contributed by atoms with Gasteiger partial charge in [0.1, 0.15) is 17.5 Å². The van der Waals surface area contributed by atoms with E-state index < -0.39 is 11.6 Å². The van der Waals surface area contributed by atoms with Gasteiger partial charge in [-0.15, -0.1) is 0 Å². The lowest BCUT2D eigenvalue weighted by Gasteiger charge is -2.31. The molecule has 0 saturated carbocycles. The molecule has 1 amide bonds. The zero-order chi connectivity index (χ0) is 17.8. The number of aromatic amines is 1. The first kappa shape index (κ1) is 17.3. The Hall–Kier alpha value is -2.50. The van der Waals surface area contributed by atoms with E-state index in [9.17, 15) is 13.6 Å². The average Bonchev–Trinajstić information content (AvgIpc) is 3.02. The number of aromatic nitrogens is 2. The van der Waals surface area contributed by atoms with Gasteiger partial charge in [0, 0.05) is 36.6 Å². The maximum Gasteiger partial charge on any atom is 0.246 e. The lowest BCUT2D eigenvalue weighted by molar-refractivity contribution is -0.127. The van der Waals surface area contributed by atoms with Crippen molar-refractivity contribution in [3.63, 3.8) is 0 Å². The molecule has 0 spiro atoms. The summed E-state index contributed by atoms with van der Waals surface area (Å²) in [5, 5.41) is 0. The smallest absolute Gasteiger partial charge is 0.246 e. The van der Waals surface area contributed by atoms with Crippen LogP contribution in [-0.4, -0.2) is 33.9 Å². The summed E-state index contributed by atoms with van der Waals surface area (Å²) in [5.74, 6) is -0.210. The Balaban J connectivity index is 1.53. The molecule has 1 aliphatic heterocycles. The van der Waals surface area contributed by atoms with Gasteiger partial charge in [0.2, 0.25) is 5.91 Å². The molecule has 6 heteroatoms. The van der Waals surface area contributed by atoms with E-state index in [2.05, 4.69) is 9.97 Å². The number of H-pyrrole nitrogens is 1. The van der Waals surface area contributed by atoms with Crippen molar-refractivity contribution in [3.05, 3.63) is 59.2 Å². The van der Waals surface area contributed by atoms with Crippen LogP contribution in [0, 0.1) is 24.5 Å². The highest BCUT2D eigenvalue weighted by atomic mass is 19.1. The number of halogens is 2. The first-order chi connectivity index (χ1) is 12.0. The molecule has 4 nitrogen and oxygen atoms in total. The van der Waals surface area contributed by atoms with E-state index in [4.69, 9.17) is 0 Å². The lowest BCUT2D eigenvalue weighted by atomic mass is 9.89. The second-order valence-electron chi connectivity index (χ2n) is 6.46. The summed E-state index contributed by atoms with van der Waals surface area (Å²) in [4.78, 5) is 21.2. The van der Waals surface area contributed by atoms with Crippen molar-refractivity contribution in [2.24, 2.45) is 5.92 Å². The molecule has 1 aliphatic rings. The van der Waals surface area contributed by atoms with Crippen LogP contribution >= 0.6 is 0 Å². The minimum Gasteiger partial charge on any atom is -0.343 e. The Labute approximate surface area is 145 Å². The zero-order valence-electron chi connectivity index (χ0n) is 14.1. The molecule has 1 aromatic heterocycles. The lowest BCUT2D eigenvalue weighted by Crippen LogP contribution is -2.38. The molecule has 3 rings (SSSR count). The van der Waals surface area contributed by atoms with E-state index in [-0.39, 0.29) is 17.4 Å². The summed E-state index contributed by atoms with van der Waals surface area (Å²) in [6.07, 6.45) is 6.74. The zero-order valence-corrected chi connectivity index (χ0v) is 14.1. The third-order valence-corrected chi connectivity index (χ3v) is 4.59. The van der Waals surface area contributed by atoms with Crippen molar-refractivity contribution in [2.75, 3.05) is 13.1 Å². The predicted molar refractivity (Wildman–Crippen MR) is 91.7 cm³/mol. The van der Waals surface area contributed by atoms with Crippen LogP contribution in [0.25, 0.3) is 6.08 Å². The SMILES string of the molecule is Cc1cnc(/C=C/C(=O)N2CCC(Cc3c(F)cccc3F)CC2)[nH]1. The van der Waals surface area contributed by atoms with E-state index in [1.807, 2.05) is 6.92 Å². The molecule has 1 fully saturated rings. The largest absolute Gasteiger partial charge is 0.343 e. The molecule has 0 radical (unpaired) electrons. The molecule has 0 unspecified atom stereocenters. The van der Waals surface area contributed by atoms with E-state index in [0.717, 1.165) is 18.5 Å². The minimum atomic E-state index is -0.491. The van der Waals surface area contributed by atoms with Gasteiger partial charge in [0.05, 0.1) is 0 Å². The Morgan fingerprint density at radius 2 is 2.00 bits per heavy atom. The number of nitrogens with one attached hydrogen (secondary N) is 1. The number of imidazole rings is 1. The highest BCUT2D eigenvalue weighted by Gasteiger charge is 2.23. The summed E-state index contributed by atoms with van der Waals surface area (Å²) in [6.45, 7) is 3.09. The highest BCUT2D eigenvalue weighted by Crippen LogP contribution is 2.24. The molecular formula is C19H21F2N3O. The van der Waals surface area contributed by atoms with Crippen LogP contribution in [0.2, 0.25) is 0 Å². The number of hydrogen-bond acceptors (Lipinski definition) is 2. The standard InChI is InChI=1S/C19H21F2N3O/c1-13-12-22-18(23-13)5-6-19(25)24-9-7-14(8-10-24)11-15-16(20)3-2-4-17(15)21/h2-6,12,14H,7-11H2,1H3,(H,22,23)/b6-5+. The summed E-state index contributed by atoms with van der Waals surface area (Å²) >= 11 is 0. The van der Waals surface area contributed by atoms with Gasteiger partial charge in [-0.05, 0) is 50.3 Å². The van der Waals surface area contributed by atoms with Crippen molar-refractivity contribution in [2.45, 2.75) is 26.2 Å². The van der Waals surface area contributed by atoms with Crippen molar-refractivity contribution < 1.29 is 13.6 Å². The van der Waals surface area contributed by atoms with E-state index in [1.165, 1.54) is 24.3 Å². The van der Waals surface area contributed by atoms with E-state index >= 15 is 0 Å². The monoisotopic (exact) mass is 345 g/mol. The fraction of sp³-hybridized carbons (Fsp3) is 0.368. The molecule has 2 heterocycles. The van der Waals surface area contributed by atoms with Gasteiger partial charge in [-0.3, -0.25) is 4.79 Å². The summed E-state index contributed by atoms with van der Waals surface area (Å²) in [7, 11) is 0. The Morgan fingerprint density at radius 3 is 2.60 bits per heavy atom. The normalized spacial score (nSPS) is 15.9. The quantitative estimate of drug-likeness (QED) is 0.863. The topological polar surface area (TPSA) is 49.0 Å². The molecule has 2 aromatic rings. The van der Waals surface area contributed by atoms with Crippen LogP contribution < -0.4 is 0 Å². The number of piperidine rings is 1. The van der Waals surface area contributed by atoms with Gasteiger partial charge >= 0.3 is 0 Å². The Bertz CT molecular complexity index is 756. The maximum atomic E-state index is 13.8. The van der Waals surface area contributed by atoms with Gasteiger partial charge in [-0.1, -0.05) is 6.07 Å². The van der Waals surface area contributed by atoms with Crippen LogP contribution in [0.1, 0.15) is 29.9 Å². The maximum absolute atomic E-state index is 13.8. The van der Waals surface area contributed by atoms with E-state index in [0.29, 0.717) is 25.3 Å². The van der Waals surface area contributed by atoms with Gasteiger partial charge < -0.3 is 9.88 Å². The van der Waals surface area contributed by atoms with Crippen LogP contribution in [-0.2, 0) is 11.2 Å². The fourth-order valence-corrected chi connectivity index (χ4v) is 3.15. The number of benzene rings is 1. The van der Waals surface area contributed by atoms with Crippen molar-refractivity contribution in [3.8, 4) is 0 Å². The number of nitrogens with zero attached hydrogens (tertiary/aromatic N) is 2. The Kier molecular flexibility index (Phi) is 5.26. The number of hydrogen-bond donors (Lipinski definition) is 1. The predicted octanol–water partition coefficient (Wildman–Crippen LogP) is 3.49. The fourth-order valence-electron chi connectivity index (χ4n) is 3.15. The van der Waals surface area contributed by atoms with Gasteiger partial charge in [-0.25, -0.2) is 13.8 Å². The third kappa shape index (κ3) is 4.32. The summed E-state index contributed by atoms with van der Waals surface area (Å²) < 4.78 is 27.5. The molecule has 0 atom stereocenters.